The molecule has 1 saturated heterocycles. The molecular weight excluding hydrogens is 376 g/mol. The highest BCUT2D eigenvalue weighted by Gasteiger charge is 2.40. The van der Waals surface area contributed by atoms with Gasteiger partial charge in [0.25, 0.3) is 0 Å². The number of aliphatic hydroxyl groups is 1. The number of carbonyl (C=O) groups is 2. The molecule has 1 fully saturated rings. The Hall–Kier alpha value is -1.60. The standard InChI is InChI=1S/C17H23BrN2O4/c1-17(2,3)24-16(23)20-10-13(21)8-14(20)15(22)19-9-11-4-6-12(18)7-5-11/h4-7,13-14,21H,8-10H2,1-3H3,(H,19,22). The number of amides is 2. The van der Waals surface area contributed by atoms with Crippen molar-refractivity contribution in [1.29, 1.82) is 0 Å². The molecule has 0 saturated carbocycles. The molecule has 1 aromatic rings. The van der Waals surface area contributed by atoms with E-state index in [2.05, 4.69) is 21.2 Å². The number of aliphatic hydroxyl groups excluding tert-OH is 1. The van der Waals surface area contributed by atoms with Crippen molar-refractivity contribution < 1.29 is 19.4 Å². The second-order valence-electron chi connectivity index (χ2n) is 6.88. The average molecular weight is 399 g/mol. The smallest absolute Gasteiger partial charge is 0.411 e. The van der Waals surface area contributed by atoms with Crippen LogP contribution < -0.4 is 5.32 Å². The van der Waals surface area contributed by atoms with E-state index in [1.54, 1.807) is 20.8 Å². The molecule has 132 valence electrons. The molecule has 2 N–H and O–H groups in total. The van der Waals surface area contributed by atoms with Crippen LogP contribution in [-0.2, 0) is 16.1 Å². The van der Waals surface area contributed by atoms with Gasteiger partial charge in [0.05, 0.1) is 12.6 Å². The van der Waals surface area contributed by atoms with Crippen molar-refractivity contribution in [3.8, 4) is 0 Å². The molecule has 2 unspecified atom stereocenters. The third-order valence-electron chi connectivity index (χ3n) is 3.59. The van der Waals surface area contributed by atoms with E-state index in [1.165, 1.54) is 4.90 Å². The van der Waals surface area contributed by atoms with Gasteiger partial charge in [-0.05, 0) is 38.5 Å². The second kappa shape index (κ2) is 7.53. The molecule has 0 spiro atoms. The highest BCUT2D eigenvalue weighted by molar-refractivity contribution is 9.10. The Bertz CT molecular complexity index is 598. The molecule has 1 aliphatic heterocycles. The number of carbonyl (C=O) groups excluding carboxylic acids is 2. The van der Waals surface area contributed by atoms with Crippen LogP contribution >= 0.6 is 15.9 Å². The van der Waals surface area contributed by atoms with E-state index in [4.69, 9.17) is 4.74 Å². The number of benzene rings is 1. The van der Waals surface area contributed by atoms with Crippen LogP contribution in [0.3, 0.4) is 0 Å². The van der Waals surface area contributed by atoms with E-state index in [0.717, 1.165) is 10.0 Å². The van der Waals surface area contributed by atoms with Crippen molar-refractivity contribution in [2.45, 2.75) is 51.5 Å². The molecule has 6 nitrogen and oxygen atoms in total. The summed E-state index contributed by atoms with van der Waals surface area (Å²) >= 11 is 3.36. The zero-order chi connectivity index (χ0) is 17.9. The van der Waals surface area contributed by atoms with Gasteiger partial charge in [-0.1, -0.05) is 28.1 Å². The number of nitrogens with zero attached hydrogens (tertiary/aromatic N) is 1. The van der Waals surface area contributed by atoms with E-state index < -0.39 is 23.8 Å². The van der Waals surface area contributed by atoms with Gasteiger partial charge >= 0.3 is 6.09 Å². The maximum atomic E-state index is 12.4. The van der Waals surface area contributed by atoms with Gasteiger partial charge in [0.1, 0.15) is 11.6 Å². The number of hydrogen-bond acceptors (Lipinski definition) is 4. The lowest BCUT2D eigenvalue weighted by molar-refractivity contribution is -0.125. The van der Waals surface area contributed by atoms with Crippen molar-refractivity contribution in [1.82, 2.24) is 10.2 Å². The van der Waals surface area contributed by atoms with Crippen molar-refractivity contribution in [3.05, 3.63) is 34.3 Å². The quantitative estimate of drug-likeness (QED) is 0.819. The SMILES string of the molecule is CC(C)(C)OC(=O)N1CC(O)CC1C(=O)NCc1ccc(Br)cc1. The van der Waals surface area contributed by atoms with Crippen LogP contribution in [0.1, 0.15) is 32.8 Å². The number of likely N-dealkylation sites (tertiary alicyclic amines) is 1. The second-order valence-corrected chi connectivity index (χ2v) is 7.80. The molecule has 0 aliphatic carbocycles. The van der Waals surface area contributed by atoms with Crippen LogP contribution in [0.5, 0.6) is 0 Å². The monoisotopic (exact) mass is 398 g/mol. The van der Waals surface area contributed by atoms with Crippen molar-refractivity contribution in [3.63, 3.8) is 0 Å². The molecule has 2 atom stereocenters. The third kappa shape index (κ3) is 5.21. The number of ether oxygens (including phenoxy) is 1. The van der Waals surface area contributed by atoms with Gasteiger partial charge in [-0.3, -0.25) is 9.69 Å². The minimum Gasteiger partial charge on any atom is -0.444 e. The summed E-state index contributed by atoms with van der Waals surface area (Å²) in [5, 5.41) is 12.7. The fraction of sp³-hybridized carbons (Fsp3) is 0.529. The zero-order valence-electron chi connectivity index (χ0n) is 14.1. The van der Waals surface area contributed by atoms with E-state index >= 15 is 0 Å². The zero-order valence-corrected chi connectivity index (χ0v) is 15.7. The summed E-state index contributed by atoms with van der Waals surface area (Å²) in [6, 6.07) is 6.88. The van der Waals surface area contributed by atoms with E-state index in [9.17, 15) is 14.7 Å². The van der Waals surface area contributed by atoms with Crippen LogP contribution in [0.15, 0.2) is 28.7 Å². The Balaban J connectivity index is 1.98. The number of rotatable bonds is 3. The number of β-amino-alcohol motifs (C(OH)–C–C–N with tert-alkyl or cyclic N) is 1. The topological polar surface area (TPSA) is 78.9 Å². The molecule has 1 heterocycles. The maximum absolute atomic E-state index is 12.4. The van der Waals surface area contributed by atoms with Gasteiger partial charge in [0.15, 0.2) is 0 Å². The molecular formula is C17H23BrN2O4. The molecule has 2 amide bonds. The highest BCUT2D eigenvalue weighted by Crippen LogP contribution is 2.21. The molecule has 24 heavy (non-hydrogen) atoms. The summed E-state index contributed by atoms with van der Waals surface area (Å²) in [5.41, 5.74) is 0.303. The largest absolute Gasteiger partial charge is 0.444 e. The normalized spacial score (nSPS) is 20.8. The Morgan fingerprint density at radius 1 is 1.33 bits per heavy atom. The summed E-state index contributed by atoms with van der Waals surface area (Å²) < 4.78 is 6.28. The minimum atomic E-state index is -0.721. The molecule has 1 aromatic carbocycles. The average Bonchev–Trinajstić information content (AvgIpc) is 2.87. The van der Waals surface area contributed by atoms with Crippen LogP contribution in [-0.4, -0.2) is 46.3 Å². The lowest BCUT2D eigenvalue weighted by atomic mass is 10.1. The Morgan fingerprint density at radius 3 is 2.54 bits per heavy atom. The van der Waals surface area contributed by atoms with Crippen LogP contribution in [0.2, 0.25) is 0 Å². The third-order valence-corrected chi connectivity index (χ3v) is 4.12. The lowest BCUT2D eigenvalue weighted by Gasteiger charge is -2.27. The Kier molecular flexibility index (Phi) is 5.87. The van der Waals surface area contributed by atoms with E-state index in [-0.39, 0.29) is 18.9 Å². The van der Waals surface area contributed by atoms with Gasteiger partial charge in [-0.15, -0.1) is 0 Å². The summed E-state index contributed by atoms with van der Waals surface area (Å²) in [5.74, 6) is -0.291. The molecule has 0 bridgehead atoms. The number of nitrogens with one attached hydrogen (secondary N) is 1. The first-order chi connectivity index (χ1) is 11.2. The van der Waals surface area contributed by atoms with Gasteiger partial charge in [-0.2, -0.15) is 0 Å². The summed E-state index contributed by atoms with van der Waals surface area (Å²) in [6.45, 7) is 5.76. The maximum Gasteiger partial charge on any atom is 0.411 e. The van der Waals surface area contributed by atoms with Gasteiger partial charge in [-0.25, -0.2) is 4.79 Å². The van der Waals surface area contributed by atoms with Crippen LogP contribution in [0.4, 0.5) is 4.79 Å². The number of hydrogen-bond donors (Lipinski definition) is 2. The van der Waals surface area contributed by atoms with Crippen molar-refractivity contribution >= 4 is 27.9 Å². The van der Waals surface area contributed by atoms with Crippen molar-refractivity contribution in [2.75, 3.05) is 6.54 Å². The molecule has 7 heteroatoms. The predicted octanol–water partition coefficient (Wildman–Crippen LogP) is 2.44. The van der Waals surface area contributed by atoms with Gasteiger partial charge in [0.2, 0.25) is 5.91 Å². The molecule has 1 aliphatic rings. The fourth-order valence-electron chi connectivity index (χ4n) is 2.49. The summed E-state index contributed by atoms with van der Waals surface area (Å²) in [6.07, 6.45) is -1.09. The lowest BCUT2D eigenvalue weighted by Crippen LogP contribution is -2.47. The highest BCUT2D eigenvalue weighted by atomic mass is 79.9. The Morgan fingerprint density at radius 2 is 1.96 bits per heavy atom. The molecule has 0 radical (unpaired) electrons. The van der Waals surface area contributed by atoms with Crippen LogP contribution in [0, 0.1) is 0 Å². The summed E-state index contributed by atoms with van der Waals surface area (Å²) in [7, 11) is 0. The molecule has 0 aromatic heterocycles. The fourth-order valence-corrected chi connectivity index (χ4v) is 2.76. The summed E-state index contributed by atoms with van der Waals surface area (Å²) in [4.78, 5) is 26.0. The van der Waals surface area contributed by atoms with Crippen LogP contribution in [0.25, 0.3) is 0 Å². The molecule has 2 rings (SSSR count). The number of halogens is 1. The van der Waals surface area contributed by atoms with Gasteiger partial charge < -0.3 is 15.2 Å². The predicted molar refractivity (Wildman–Crippen MR) is 93.3 cm³/mol. The van der Waals surface area contributed by atoms with Gasteiger partial charge in [0, 0.05) is 17.4 Å². The first-order valence-corrected chi connectivity index (χ1v) is 8.65. The minimum absolute atomic E-state index is 0.102. The first-order valence-electron chi connectivity index (χ1n) is 7.85. The van der Waals surface area contributed by atoms with E-state index in [1.807, 2.05) is 24.3 Å². The Labute approximate surface area is 150 Å². The van der Waals surface area contributed by atoms with Crippen molar-refractivity contribution in [2.24, 2.45) is 0 Å². The first kappa shape index (κ1) is 18.7. The van der Waals surface area contributed by atoms with E-state index in [0.29, 0.717) is 6.54 Å².